The predicted molar refractivity (Wildman–Crippen MR) is 68.6 cm³/mol. The summed E-state index contributed by atoms with van der Waals surface area (Å²) >= 11 is 0. The van der Waals surface area contributed by atoms with Gasteiger partial charge in [0.2, 0.25) is 5.91 Å². The molecule has 0 saturated heterocycles. The second-order valence-corrected chi connectivity index (χ2v) is 4.67. The Kier molecular flexibility index (Phi) is 4.15. The molecule has 1 aliphatic rings. The summed E-state index contributed by atoms with van der Waals surface area (Å²) in [6.07, 6.45) is 4.77. The zero-order valence-corrected chi connectivity index (χ0v) is 10.1. The SMILES string of the molecule is NC(=O)CCCCNC1CCc2ccccc21. The molecule has 0 heterocycles. The van der Waals surface area contributed by atoms with E-state index in [0.717, 1.165) is 19.4 Å². The topological polar surface area (TPSA) is 55.1 Å². The van der Waals surface area contributed by atoms with E-state index in [9.17, 15) is 4.79 Å². The van der Waals surface area contributed by atoms with Gasteiger partial charge in [-0.2, -0.15) is 0 Å². The molecule has 0 bridgehead atoms. The van der Waals surface area contributed by atoms with E-state index in [2.05, 4.69) is 29.6 Å². The van der Waals surface area contributed by atoms with Crippen molar-refractivity contribution in [2.75, 3.05) is 6.54 Å². The molecule has 0 aromatic heterocycles. The average molecular weight is 232 g/mol. The number of hydrogen-bond acceptors (Lipinski definition) is 2. The molecule has 0 aliphatic heterocycles. The molecule has 3 heteroatoms. The molecule has 0 spiro atoms. The van der Waals surface area contributed by atoms with E-state index in [1.54, 1.807) is 0 Å². The first kappa shape index (κ1) is 12.1. The van der Waals surface area contributed by atoms with Gasteiger partial charge in [0.1, 0.15) is 0 Å². The van der Waals surface area contributed by atoms with Gasteiger partial charge < -0.3 is 11.1 Å². The summed E-state index contributed by atoms with van der Waals surface area (Å²) in [6, 6.07) is 9.13. The van der Waals surface area contributed by atoms with Crippen molar-refractivity contribution in [2.45, 2.75) is 38.1 Å². The lowest BCUT2D eigenvalue weighted by Gasteiger charge is -2.13. The van der Waals surface area contributed by atoms with Crippen LogP contribution in [0.5, 0.6) is 0 Å². The van der Waals surface area contributed by atoms with E-state index in [-0.39, 0.29) is 5.91 Å². The Morgan fingerprint density at radius 1 is 1.35 bits per heavy atom. The maximum Gasteiger partial charge on any atom is 0.217 e. The van der Waals surface area contributed by atoms with Gasteiger partial charge in [-0.15, -0.1) is 0 Å². The average Bonchev–Trinajstić information content (AvgIpc) is 2.72. The number of benzene rings is 1. The Balaban J connectivity index is 1.73. The molecule has 17 heavy (non-hydrogen) atoms. The summed E-state index contributed by atoms with van der Waals surface area (Å²) in [6.45, 7) is 0.965. The van der Waals surface area contributed by atoms with Gasteiger partial charge in [-0.3, -0.25) is 4.79 Å². The molecule has 1 aliphatic carbocycles. The van der Waals surface area contributed by atoms with Crippen LogP contribution in [-0.4, -0.2) is 12.5 Å². The molecule has 1 atom stereocenters. The minimum Gasteiger partial charge on any atom is -0.370 e. The molecular formula is C14H20N2O. The molecule has 1 unspecified atom stereocenters. The van der Waals surface area contributed by atoms with E-state index in [4.69, 9.17) is 5.73 Å². The van der Waals surface area contributed by atoms with Crippen molar-refractivity contribution < 1.29 is 4.79 Å². The van der Waals surface area contributed by atoms with Gasteiger partial charge in [-0.05, 0) is 43.4 Å². The maximum atomic E-state index is 10.6. The molecule has 1 aromatic rings. The first-order valence-electron chi connectivity index (χ1n) is 6.37. The Hall–Kier alpha value is -1.35. The summed E-state index contributed by atoms with van der Waals surface area (Å²) in [5.41, 5.74) is 8.02. The fraction of sp³-hybridized carbons (Fsp3) is 0.500. The van der Waals surface area contributed by atoms with E-state index in [0.29, 0.717) is 12.5 Å². The van der Waals surface area contributed by atoms with E-state index < -0.39 is 0 Å². The van der Waals surface area contributed by atoms with Gasteiger partial charge in [0.05, 0.1) is 0 Å². The van der Waals surface area contributed by atoms with Crippen LogP contribution in [-0.2, 0) is 11.2 Å². The Labute approximate surface area is 102 Å². The van der Waals surface area contributed by atoms with Crippen molar-refractivity contribution in [3.05, 3.63) is 35.4 Å². The summed E-state index contributed by atoms with van der Waals surface area (Å²) in [5.74, 6) is -0.198. The fourth-order valence-corrected chi connectivity index (χ4v) is 2.47. The zero-order chi connectivity index (χ0) is 12.1. The second-order valence-electron chi connectivity index (χ2n) is 4.67. The number of primary amides is 1. The van der Waals surface area contributed by atoms with E-state index >= 15 is 0 Å². The Bertz CT molecular complexity index is 390. The summed E-state index contributed by atoms with van der Waals surface area (Å²) < 4.78 is 0. The largest absolute Gasteiger partial charge is 0.370 e. The fourth-order valence-electron chi connectivity index (χ4n) is 2.47. The smallest absolute Gasteiger partial charge is 0.217 e. The predicted octanol–water partition coefficient (Wildman–Crippen LogP) is 1.92. The van der Waals surface area contributed by atoms with Crippen LogP contribution in [0.3, 0.4) is 0 Å². The molecule has 92 valence electrons. The summed E-state index contributed by atoms with van der Waals surface area (Å²) in [4.78, 5) is 10.6. The Morgan fingerprint density at radius 3 is 3.00 bits per heavy atom. The molecule has 1 aromatic carbocycles. The lowest BCUT2D eigenvalue weighted by atomic mass is 10.1. The van der Waals surface area contributed by atoms with Crippen LogP contribution in [0.2, 0.25) is 0 Å². The lowest BCUT2D eigenvalue weighted by Crippen LogP contribution is -2.20. The minimum absolute atomic E-state index is 0.198. The van der Waals surface area contributed by atoms with Crippen molar-refractivity contribution in [1.29, 1.82) is 0 Å². The van der Waals surface area contributed by atoms with E-state index in [1.807, 2.05) is 0 Å². The molecule has 2 rings (SSSR count). The van der Waals surface area contributed by atoms with Crippen LogP contribution in [0.25, 0.3) is 0 Å². The Morgan fingerprint density at radius 2 is 2.18 bits per heavy atom. The maximum absolute atomic E-state index is 10.6. The number of fused-ring (bicyclic) bond motifs is 1. The minimum atomic E-state index is -0.198. The highest BCUT2D eigenvalue weighted by molar-refractivity contribution is 5.73. The van der Waals surface area contributed by atoms with Crippen LogP contribution in [0, 0.1) is 0 Å². The number of nitrogens with one attached hydrogen (secondary N) is 1. The van der Waals surface area contributed by atoms with Crippen molar-refractivity contribution in [3.8, 4) is 0 Å². The molecule has 0 fully saturated rings. The normalized spacial score (nSPS) is 18.0. The number of carbonyl (C=O) groups is 1. The van der Waals surface area contributed by atoms with Crippen LogP contribution < -0.4 is 11.1 Å². The van der Waals surface area contributed by atoms with Crippen LogP contribution in [0.15, 0.2) is 24.3 Å². The number of nitrogens with two attached hydrogens (primary N) is 1. The molecule has 1 amide bonds. The third-order valence-electron chi connectivity index (χ3n) is 3.37. The zero-order valence-electron chi connectivity index (χ0n) is 10.1. The monoisotopic (exact) mass is 232 g/mol. The van der Waals surface area contributed by atoms with Gasteiger partial charge in [-0.25, -0.2) is 0 Å². The van der Waals surface area contributed by atoms with Gasteiger partial charge in [0.25, 0.3) is 0 Å². The first-order chi connectivity index (χ1) is 8.27. The van der Waals surface area contributed by atoms with Crippen molar-refractivity contribution in [3.63, 3.8) is 0 Å². The highest BCUT2D eigenvalue weighted by Crippen LogP contribution is 2.30. The van der Waals surface area contributed by atoms with Crippen molar-refractivity contribution in [1.82, 2.24) is 5.32 Å². The lowest BCUT2D eigenvalue weighted by molar-refractivity contribution is -0.118. The van der Waals surface area contributed by atoms with Gasteiger partial charge >= 0.3 is 0 Å². The summed E-state index contributed by atoms with van der Waals surface area (Å²) in [5, 5.41) is 3.56. The van der Waals surface area contributed by atoms with Crippen LogP contribution in [0.1, 0.15) is 42.9 Å². The molecular weight excluding hydrogens is 212 g/mol. The van der Waals surface area contributed by atoms with Gasteiger partial charge in [0, 0.05) is 12.5 Å². The standard InChI is InChI=1S/C14H20N2O/c15-14(17)7-3-4-10-16-13-9-8-11-5-1-2-6-12(11)13/h1-2,5-6,13,16H,3-4,7-10H2,(H2,15,17). The van der Waals surface area contributed by atoms with Gasteiger partial charge in [-0.1, -0.05) is 24.3 Å². The molecule has 3 nitrogen and oxygen atoms in total. The number of unbranched alkanes of at least 4 members (excludes halogenated alkanes) is 1. The number of rotatable bonds is 6. The number of aryl methyl sites for hydroxylation is 1. The third kappa shape index (κ3) is 3.30. The quantitative estimate of drug-likeness (QED) is 0.736. The summed E-state index contributed by atoms with van der Waals surface area (Å²) in [7, 11) is 0. The highest BCUT2D eigenvalue weighted by atomic mass is 16.1. The number of hydrogen-bond donors (Lipinski definition) is 2. The highest BCUT2D eigenvalue weighted by Gasteiger charge is 2.20. The van der Waals surface area contributed by atoms with Crippen molar-refractivity contribution >= 4 is 5.91 Å². The molecule has 3 N–H and O–H groups in total. The number of amides is 1. The first-order valence-corrected chi connectivity index (χ1v) is 6.37. The van der Waals surface area contributed by atoms with E-state index in [1.165, 1.54) is 24.0 Å². The van der Waals surface area contributed by atoms with Crippen molar-refractivity contribution in [2.24, 2.45) is 5.73 Å². The third-order valence-corrected chi connectivity index (χ3v) is 3.37. The molecule has 0 saturated carbocycles. The second kappa shape index (κ2) is 5.82. The molecule has 0 radical (unpaired) electrons. The van der Waals surface area contributed by atoms with Gasteiger partial charge in [0.15, 0.2) is 0 Å². The number of carbonyl (C=O) groups excluding carboxylic acids is 1. The van der Waals surface area contributed by atoms with Crippen LogP contribution >= 0.6 is 0 Å². The van der Waals surface area contributed by atoms with Crippen LogP contribution in [0.4, 0.5) is 0 Å².